The average molecular weight is 315 g/mol. The fraction of sp³-hybridized carbons (Fsp3) is 0.308. The second-order valence-electron chi connectivity index (χ2n) is 4.36. The van der Waals surface area contributed by atoms with E-state index >= 15 is 0 Å². The van der Waals surface area contributed by atoms with E-state index in [4.69, 9.17) is 27.9 Å². The van der Waals surface area contributed by atoms with Gasteiger partial charge in [-0.05, 0) is 18.6 Å². The third kappa shape index (κ3) is 2.94. The molecule has 1 heterocycles. The van der Waals surface area contributed by atoms with Gasteiger partial charge in [-0.3, -0.25) is 9.59 Å². The van der Waals surface area contributed by atoms with Crippen LogP contribution in [0.25, 0.3) is 0 Å². The summed E-state index contributed by atoms with van der Waals surface area (Å²) in [4.78, 5) is 22.4. The normalized spacial score (nSPS) is 14.6. The average Bonchev–Trinajstić information content (AvgIpc) is 2.40. The Kier molecular flexibility index (Phi) is 4.30. The van der Waals surface area contributed by atoms with Crippen LogP contribution in [-0.2, 0) is 9.59 Å². The molecular weight excluding hydrogens is 303 g/mol. The zero-order valence-electron chi connectivity index (χ0n) is 10.9. The Morgan fingerprint density at radius 3 is 2.65 bits per heavy atom. The summed E-state index contributed by atoms with van der Waals surface area (Å²) in [5, 5.41) is 4.68. The third-order valence-corrected chi connectivity index (χ3v) is 3.71. The summed E-state index contributed by atoms with van der Waals surface area (Å²) < 4.78 is 5.17. The molecule has 2 rings (SSSR count). The van der Waals surface area contributed by atoms with Gasteiger partial charge < -0.3 is 4.74 Å². The van der Waals surface area contributed by atoms with Crippen molar-refractivity contribution in [2.45, 2.75) is 26.7 Å². The van der Waals surface area contributed by atoms with Crippen molar-refractivity contribution in [3.8, 4) is 5.75 Å². The fourth-order valence-corrected chi connectivity index (χ4v) is 2.31. The summed E-state index contributed by atoms with van der Waals surface area (Å²) in [5.41, 5.74) is 4.09. The van der Waals surface area contributed by atoms with E-state index in [-0.39, 0.29) is 16.7 Å². The van der Waals surface area contributed by atoms with Gasteiger partial charge in [0.25, 0.3) is 0 Å². The number of esters is 1. The first-order valence-electron chi connectivity index (χ1n) is 5.93. The Bertz CT molecular complexity index is 627. The number of halogens is 2. The summed E-state index contributed by atoms with van der Waals surface area (Å²) in [5.74, 6) is -0.432. The number of nitrogens with one attached hydrogen (secondary N) is 1. The Labute approximate surface area is 125 Å². The zero-order valence-corrected chi connectivity index (χ0v) is 12.4. The van der Waals surface area contributed by atoms with E-state index in [1.807, 2.05) is 0 Å². The van der Waals surface area contributed by atoms with Crippen LogP contribution >= 0.6 is 23.2 Å². The molecule has 0 spiro atoms. The number of carbonyl (C=O) groups is 2. The monoisotopic (exact) mass is 314 g/mol. The third-order valence-electron chi connectivity index (χ3n) is 2.86. The minimum Gasteiger partial charge on any atom is -0.424 e. The van der Waals surface area contributed by atoms with Crippen LogP contribution < -0.4 is 10.2 Å². The van der Waals surface area contributed by atoms with Crippen molar-refractivity contribution >= 4 is 40.8 Å². The molecule has 0 aromatic heterocycles. The number of benzene rings is 1. The maximum atomic E-state index is 11.2. The maximum Gasteiger partial charge on any atom is 0.308 e. The lowest BCUT2D eigenvalue weighted by atomic mass is 10.0. The molecule has 1 aromatic rings. The molecule has 106 valence electrons. The molecule has 1 aliphatic rings. The van der Waals surface area contributed by atoms with E-state index in [1.54, 1.807) is 13.0 Å². The van der Waals surface area contributed by atoms with Crippen LogP contribution in [0.15, 0.2) is 11.2 Å². The van der Waals surface area contributed by atoms with Crippen LogP contribution in [0.3, 0.4) is 0 Å². The highest BCUT2D eigenvalue weighted by Gasteiger charge is 2.22. The Hall–Kier alpha value is -1.59. The van der Waals surface area contributed by atoms with Crippen molar-refractivity contribution in [1.29, 1.82) is 0 Å². The van der Waals surface area contributed by atoms with Gasteiger partial charge in [-0.25, -0.2) is 5.43 Å². The summed E-state index contributed by atoms with van der Waals surface area (Å²) in [6.45, 7) is 3.01. The van der Waals surface area contributed by atoms with E-state index in [9.17, 15) is 9.59 Å². The highest BCUT2D eigenvalue weighted by atomic mass is 35.5. The number of hydrogen-bond acceptors (Lipinski definition) is 4. The van der Waals surface area contributed by atoms with Crippen LogP contribution in [0.5, 0.6) is 5.75 Å². The van der Waals surface area contributed by atoms with E-state index in [2.05, 4.69) is 10.5 Å². The second kappa shape index (κ2) is 5.81. The van der Waals surface area contributed by atoms with E-state index in [1.165, 1.54) is 6.92 Å². The molecule has 0 unspecified atom stereocenters. The number of ether oxygens (including phenoxy) is 1. The van der Waals surface area contributed by atoms with E-state index in [0.717, 1.165) is 0 Å². The lowest BCUT2D eigenvalue weighted by Gasteiger charge is -2.17. The first kappa shape index (κ1) is 14.8. The van der Waals surface area contributed by atoms with Gasteiger partial charge in [0.05, 0.1) is 10.7 Å². The highest BCUT2D eigenvalue weighted by molar-refractivity contribution is 6.38. The lowest BCUT2D eigenvalue weighted by molar-refractivity contribution is -0.132. The van der Waals surface area contributed by atoms with Gasteiger partial charge in [-0.2, -0.15) is 5.10 Å². The summed E-state index contributed by atoms with van der Waals surface area (Å²) >= 11 is 12.3. The molecule has 1 N–H and O–H groups in total. The quantitative estimate of drug-likeness (QED) is 0.674. The SMILES string of the molecule is CC(=O)Oc1c(C2=NNC(=O)CC2)cc(Cl)c(C)c1Cl. The first-order chi connectivity index (χ1) is 9.40. The number of amides is 1. The number of rotatable bonds is 2. The molecule has 1 amide bonds. The van der Waals surface area contributed by atoms with Gasteiger partial charge in [0.15, 0.2) is 5.75 Å². The Morgan fingerprint density at radius 2 is 2.10 bits per heavy atom. The topological polar surface area (TPSA) is 67.8 Å². The van der Waals surface area contributed by atoms with Crippen LogP contribution in [0.2, 0.25) is 10.0 Å². The number of hydrogen-bond donors (Lipinski definition) is 1. The van der Waals surface area contributed by atoms with Crippen molar-refractivity contribution < 1.29 is 14.3 Å². The predicted octanol–water partition coefficient (Wildman–Crippen LogP) is 2.84. The van der Waals surface area contributed by atoms with Crippen molar-refractivity contribution in [3.63, 3.8) is 0 Å². The predicted molar refractivity (Wildman–Crippen MR) is 76.4 cm³/mol. The van der Waals surface area contributed by atoms with Crippen molar-refractivity contribution in [2.75, 3.05) is 0 Å². The molecule has 1 aliphatic heterocycles. The van der Waals surface area contributed by atoms with Crippen LogP contribution in [0, 0.1) is 6.92 Å². The molecule has 0 saturated carbocycles. The number of nitrogens with zero attached hydrogens (tertiary/aromatic N) is 1. The Morgan fingerprint density at radius 1 is 1.40 bits per heavy atom. The van der Waals surface area contributed by atoms with Crippen molar-refractivity contribution in [3.05, 3.63) is 27.2 Å². The molecule has 0 radical (unpaired) electrons. The number of hydrazone groups is 1. The first-order valence-corrected chi connectivity index (χ1v) is 6.68. The minimum atomic E-state index is -0.490. The molecule has 1 aromatic carbocycles. The molecule has 0 aliphatic carbocycles. The number of carbonyl (C=O) groups excluding carboxylic acids is 2. The molecule has 0 fully saturated rings. The van der Waals surface area contributed by atoms with Crippen LogP contribution in [0.4, 0.5) is 0 Å². The van der Waals surface area contributed by atoms with Gasteiger partial charge >= 0.3 is 5.97 Å². The van der Waals surface area contributed by atoms with Crippen molar-refractivity contribution in [1.82, 2.24) is 5.43 Å². The smallest absolute Gasteiger partial charge is 0.308 e. The van der Waals surface area contributed by atoms with E-state index in [0.29, 0.717) is 34.7 Å². The lowest BCUT2D eigenvalue weighted by Crippen LogP contribution is -2.26. The van der Waals surface area contributed by atoms with Gasteiger partial charge in [-0.15, -0.1) is 0 Å². The molecule has 5 nitrogen and oxygen atoms in total. The molecular formula is C13H12Cl2N2O3. The largest absolute Gasteiger partial charge is 0.424 e. The van der Waals surface area contributed by atoms with Gasteiger partial charge in [0.2, 0.25) is 5.91 Å². The summed E-state index contributed by atoms with van der Waals surface area (Å²) in [6.07, 6.45) is 0.733. The molecule has 0 saturated heterocycles. The van der Waals surface area contributed by atoms with Crippen LogP contribution in [-0.4, -0.2) is 17.6 Å². The molecule has 0 atom stereocenters. The maximum absolute atomic E-state index is 11.2. The molecule has 7 heteroatoms. The molecule has 0 bridgehead atoms. The minimum absolute atomic E-state index is 0.160. The Balaban J connectivity index is 2.56. The van der Waals surface area contributed by atoms with Gasteiger partial charge in [-0.1, -0.05) is 23.2 Å². The summed E-state index contributed by atoms with van der Waals surface area (Å²) in [6, 6.07) is 1.64. The van der Waals surface area contributed by atoms with Gasteiger partial charge in [0.1, 0.15) is 0 Å². The fourth-order valence-electron chi connectivity index (χ4n) is 1.82. The van der Waals surface area contributed by atoms with Gasteiger partial charge in [0, 0.05) is 30.4 Å². The summed E-state index contributed by atoms with van der Waals surface area (Å²) in [7, 11) is 0. The standard InChI is InChI=1S/C13H12Cl2N2O3/c1-6-9(14)5-8(10-3-4-11(19)17-16-10)13(12(6)15)20-7(2)18/h5H,3-4H2,1-2H3,(H,17,19). The highest BCUT2D eigenvalue weighted by Crippen LogP contribution is 2.37. The zero-order chi connectivity index (χ0) is 14.9. The van der Waals surface area contributed by atoms with Crippen LogP contribution in [0.1, 0.15) is 30.9 Å². The van der Waals surface area contributed by atoms with Crippen molar-refractivity contribution in [2.24, 2.45) is 5.10 Å². The molecule has 20 heavy (non-hydrogen) atoms. The second-order valence-corrected chi connectivity index (χ2v) is 5.15. The van der Waals surface area contributed by atoms with E-state index < -0.39 is 5.97 Å².